The number of hydrogen-bond donors (Lipinski definition) is 1. The predicted octanol–water partition coefficient (Wildman–Crippen LogP) is 2.89. The molecular weight excluding hydrogens is 238 g/mol. The predicted molar refractivity (Wildman–Crippen MR) is 79.8 cm³/mol. The van der Waals surface area contributed by atoms with Gasteiger partial charge >= 0.3 is 0 Å². The molecule has 19 heavy (non-hydrogen) atoms. The molecule has 0 radical (unpaired) electrons. The van der Waals surface area contributed by atoms with Crippen molar-refractivity contribution in [3.63, 3.8) is 0 Å². The van der Waals surface area contributed by atoms with Gasteiger partial charge in [0.15, 0.2) is 0 Å². The molecule has 0 unspecified atom stereocenters. The first-order valence-electron chi connectivity index (χ1n) is 6.90. The van der Waals surface area contributed by atoms with Gasteiger partial charge in [0, 0.05) is 20.3 Å². The first-order chi connectivity index (χ1) is 9.07. The van der Waals surface area contributed by atoms with E-state index in [4.69, 9.17) is 9.47 Å². The summed E-state index contributed by atoms with van der Waals surface area (Å²) in [4.78, 5) is 0. The van der Waals surface area contributed by atoms with Crippen molar-refractivity contribution >= 4 is 0 Å². The van der Waals surface area contributed by atoms with Crippen LogP contribution in [0.1, 0.15) is 25.8 Å². The van der Waals surface area contributed by atoms with E-state index in [1.165, 1.54) is 5.56 Å². The molecule has 0 bridgehead atoms. The van der Waals surface area contributed by atoms with Gasteiger partial charge in [0.2, 0.25) is 0 Å². The van der Waals surface area contributed by atoms with Crippen LogP contribution in [0.2, 0.25) is 0 Å². The van der Waals surface area contributed by atoms with Gasteiger partial charge in [-0.15, -0.1) is 0 Å². The van der Waals surface area contributed by atoms with E-state index in [0.29, 0.717) is 0 Å². The summed E-state index contributed by atoms with van der Waals surface area (Å²) in [6, 6.07) is 8.27. The highest BCUT2D eigenvalue weighted by molar-refractivity contribution is 5.27. The summed E-state index contributed by atoms with van der Waals surface area (Å²) in [5.41, 5.74) is 1.62. The molecule has 0 fully saturated rings. The number of methoxy groups -OCH3 is 2. The fourth-order valence-corrected chi connectivity index (χ4v) is 1.92. The molecule has 0 aliphatic heterocycles. The van der Waals surface area contributed by atoms with Crippen LogP contribution in [0.5, 0.6) is 5.75 Å². The van der Waals surface area contributed by atoms with Crippen LogP contribution in [0.25, 0.3) is 0 Å². The van der Waals surface area contributed by atoms with Gasteiger partial charge in [-0.1, -0.05) is 26.0 Å². The Balaban J connectivity index is 2.22. The van der Waals surface area contributed by atoms with Gasteiger partial charge < -0.3 is 14.8 Å². The van der Waals surface area contributed by atoms with E-state index < -0.39 is 0 Å². The van der Waals surface area contributed by atoms with Crippen LogP contribution in [0, 0.1) is 5.41 Å². The van der Waals surface area contributed by atoms with Crippen molar-refractivity contribution in [1.29, 1.82) is 0 Å². The Bertz CT molecular complexity index is 346. The molecule has 0 saturated carbocycles. The molecule has 108 valence electrons. The normalized spacial score (nSPS) is 11.6. The lowest BCUT2D eigenvalue weighted by atomic mass is 9.89. The topological polar surface area (TPSA) is 30.5 Å². The zero-order chi connectivity index (χ0) is 14.1. The van der Waals surface area contributed by atoms with Gasteiger partial charge in [-0.2, -0.15) is 0 Å². The minimum Gasteiger partial charge on any atom is -0.497 e. The van der Waals surface area contributed by atoms with Crippen LogP contribution in [0.4, 0.5) is 0 Å². The maximum Gasteiger partial charge on any atom is 0.118 e. The van der Waals surface area contributed by atoms with Crippen LogP contribution >= 0.6 is 0 Å². The molecule has 1 aromatic carbocycles. The van der Waals surface area contributed by atoms with Crippen molar-refractivity contribution in [3.05, 3.63) is 29.8 Å². The molecule has 0 saturated heterocycles. The third-order valence-corrected chi connectivity index (χ3v) is 3.34. The summed E-state index contributed by atoms with van der Waals surface area (Å²) >= 11 is 0. The van der Waals surface area contributed by atoms with Gasteiger partial charge in [-0.25, -0.2) is 0 Å². The summed E-state index contributed by atoms with van der Waals surface area (Å²) < 4.78 is 10.3. The zero-order valence-corrected chi connectivity index (χ0v) is 12.7. The van der Waals surface area contributed by atoms with Crippen molar-refractivity contribution in [2.45, 2.75) is 26.7 Å². The van der Waals surface area contributed by atoms with E-state index in [-0.39, 0.29) is 5.41 Å². The van der Waals surface area contributed by atoms with Crippen molar-refractivity contribution in [2.24, 2.45) is 5.41 Å². The van der Waals surface area contributed by atoms with Gasteiger partial charge in [0.25, 0.3) is 0 Å². The Hall–Kier alpha value is -1.06. The second-order valence-corrected chi connectivity index (χ2v) is 5.68. The molecule has 0 heterocycles. The van der Waals surface area contributed by atoms with Gasteiger partial charge in [0.05, 0.1) is 7.11 Å². The van der Waals surface area contributed by atoms with Gasteiger partial charge in [0.1, 0.15) is 5.75 Å². The van der Waals surface area contributed by atoms with E-state index in [1.807, 2.05) is 12.1 Å². The third kappa shape index (κ3) is 6.60. The van der Waals surface area contributed by atoms with Crippen molar-refractivity contribution in [2.75, 3.05) is 33.9 Å². The van der Waals surface area contributed by atoms with Crippen LogP contribution < -0.4 is 10.1 Å². The number of rotatable bonds is 9. The molecule has 0 atom stereocenters. The number of benzene rings is 1. The van der Waals surface area contributed by atoms with Crippen LogP contribution in [-0.4, -0.2) is 33.9 Å². The Morgan fingerprint density at radius 2 is 1.79 bits per heavy atom. The monoisotopic (exact) mass is 265 g/mol. The number of hydrogen-bond acceptors (Lipinski definition) is 3. The average Bonchev–Trinajstić information content (AvgIpc) is 2.42. The van der Waals surface area contributed by atoms with Gasteiger partial charge in [-0.05, 0) is 42.5 Å². The number of nitrogens with one attached hydrogen (secondary N) is 1. The second-order valence-electron chi connectivity index (χ2n) is 5.68. The van der Waals surface area contributed by atoms with E-state index >= 15 is 0 Å². The highest BCUT2D eigenvalue weighted by atomic mass is 16.5. The maximum atomic E-state index is 5.15. The molecule has 1 N–H and O–H groups in total. The molecule has 1 rings (SSSR count). The fraction of sp³-hybridized carbons (Fsp3) is 0.625. The second kappa shape index (κ2) is 8.18. The quantitative estimate of drug-likeness (QED) is 0.696. The first-order valence-corrected chi connectivity index (χ1v) is 6.90. The molecular formula is C16H27NO2. The molecule has 3 heteroatoms. The number of ether oxygens (including phenoxy) is 2. The molecule has 0 amide bonds. The van der Waals surface area contributed by atoms with Crippen LogP contribution in [0.3, 0.4) is 0 Å². The van der Waals surface area contributed by atoms with Gasteiger partial charge in [-0.3, -0.25) is 0 Å². The van der Waals surface area contributed by atoms with E-state index in [2.05, 4.69) is 31.3 Å². The van der Waals surface area contributed by atoms with E-state index in [1.54, 1.807) is 14.2 Å². The van der Waals surface area contributed by atoms with Crippen molar-refractivity contribution in [3.8, 4) is 5.75 Å². The lowest BCUT2D eigenvalue weighted by Gasteiger charge is -2.24. The Morgan fingerprint density at radius 1 is 1.11 bits per heavy atom. The minimum atomic E-state index is 0.288. The Labute approximate surface area is 117 Å². The Kier molecular flexibility index (Phi) is 6.89. The summed E-state index contributed by atoms with van der Waals surface area (Å²) in [6.07, 6.45) is 2.13. The zero-order valence-electron chi connectivity index (χ0n) is 12.7. The summed E-state index contributed by atoms with van der Waals surface area (Å²) in [7, 11) is 3.45. The van der Waals surface area contributed by atoms with Crippen LogP contribution in [-0.2, 0) is 11.2 Å². The summed E-state index contributed by atoms with van der Waals surface area (Å²) in [6.45, 7) is 7.39. The average molecular weight is 265 g/mol. The molecule has 0 aliphatic rings. The summed E-state index contributed by atoms with van der Waals surface area (Å²) in [5, 5.41) is 3.52. The molecule has 0 aromatic heterocycles. The molecule has 1 aromatic rings. The standard InChI is InChI=1S/C16H27NO2/c1-16(2,10-12-18-3)13-17-11-9-14-5-7-15(19-4)8-6-14/h5-8,17H,9-13H2,1-4H3. The molecule has 0 spiro atoms. The fourth-order valence-electron chi connectivity index (χ4n) is 1.92. The lowest BCUT2D eigenvalue weighted by Crippen LogP contribution is -2.31. The summed E-state index contributed by atoms with van der Waals surface area (Å²) in [5.74, 6) is 0.914. The smallest absolute Gasteiger partial charge is 0.118 e. The highest BCUT2D eigenvalue weighted by Gasteiger charge is 2.16. The van der Waals surface area contributed by atoms with E-state index in [0.717, 1.165) is 38.3 Å². The largest absolute Gasteiger partial charge is 0.497 e. The van der Waals surface area contributed by atoms with Crippen LogP contribution in [0.15, 0.2) is 24.3 Å². The maximum absolute atomic E-state index is 5.15. The third-order valence-electron chi connectivity index (χ3n) is 3.34. The molecule has 3 nitrogen and oxygen atoms in total. The van der Waals surface area contributed by atoms with Crippen molar-refractivity contribution < 1.29 is 9.47 Å². The van der Waals surface area contributed by atoms with E-state index in [9.17, 15) is 0 Å². The van der Waals surface area contributed by atoms with Crippen molar-refractivity contribution in [1.82, 2.24) is 5.32 Å². The molecule has 0 aliphatic carbocycles. The highest BCUT2D eigenvalue weighted by Crippen LogP contribution is 2.18. The Morgan fingerprint density at radius 3 is 2.37 bits per heavy atom. The minimum absolute atomic E-state index is 0.288. The SMILES string of the molecule is COCCC(C)(C)CNCCc1ccc(OC)cc1. The lowest BCUT2D eigenvalue weighted by molar-refractivity contribution is 0.151. The first kappa shape index (κ1) is 16.0.